The fourth-order valence-electron chi connectivity index (χ4n) is 2.65. The van der Waals surface area contributed by atoms with Gasteiger partial charge in [0.05, 0.1) is 5.69 Å². The van der Waals surface area contributed by atoms with Crippen LogP contribution in [-0.4, -0.2) is 28.9 Å². The van der Waals surface area contributed by atoms with Gasteiger partial charge in [-0.3, -0.25) is 4.79 Å². The van der Waals surface area contributed by atoms with E-state index in [1.165, 1.54) is 23.5 Å². The molecule has 0 bridgehead atoms. The minimum atomic E-state index is -0.300. The average molecular weight is 379 g/mol. The highest BCUT2D eigenvalue weighted by molar-refractivity contribution is 7.13. The van der Waals surface area contributed by atoms with E-state index in [9.17, 15) is 9.18 Å². The van der Waals surface area contributed by atoms with Gasteiger partial charge in [-0.25, -0.2) is 9.37 Å². The molecule has 0 atom stereocenters. The third kappa shape index (κ3) is 5.80. The topological polar surface area (TPSA) is 42.4 Å². The Balaban J connectivity index is 2.09. The monoisotopic (exact) mass is 378 g/mol. The van der Waals surface area contributed by atoms with E-state index in [1.54, 1.807) is 12.1 Å². The van der Waals surface area contributed by atoms with Crippen molar-refractivity contribution in [1.29, 1.82) is 0 Å². The molecule has 0 aliphatic carbocycles. The standard InChI is InChI=1S/C20H27FN2O2S/c1-13(2)10-23(11-14(3)4)20(24)19-15(5)22-18(26-19)12-25-17-8-6-16(21)7-9-17/h6-9,13-14H,10-12H2,1-5H3. The number of ether oxygens (including phenoxy) is 1. The molecule has 4 nitrogen and oxygen atoms in total. The molecule has 26 heavy (non-hydrogen) atoms. The van der Waals surface area contributed by atoms with Crippen LogP contribution in [0, 0.1) is 24.6 Å². The Kier molecular flexibility index (Phi) is 7.14. The SMILES string of the molecule is Cc1nc(COc2ccc(F)cc2)sc1C(=O)N(CC(C)C)CC(C)C. The Morgan fingerprint density at radius 1 is 1.15 bits per heavy atom. The van der Waals surface area contributed by atoms with E-state index in [0.717, 1.165) is 23.8 Å². The van der Waals surface area contributed by atoms with Gasteiger partial charge in [-0.05, 0) is 43.0 Å². The van der Waals surface area contributed by atoms with E-state index in [-0.39, 0.29) is 18.3 Å². The van der Waals surface area contributed by atoms with E-state index in [0.29, 0.717) is 22.5 Å². The number of rotatable bonds is 8. The van der Waals surface area contributed by atoms with Crippen LogP contribution < -0.4 is 4.74 Å². The number of halogens is 1. The predicted octanol–water partition coefficient (Wildman–Crippen LogP) is 4.92. The number of nitrogens with zero attached hydrogens (tertiary/aromatic N) is 2. The van der Waals surface area contributed by atoms with Crippen LogP contribution in [0.15, 0.2) is 24.3 Å². The lowest BCUT2D eigenvalue weighted by molar-refractivity contribution is 0.0719. The highest BCUT2D eigenvalue weighted by Gasteiger charge is 2.23. The molecule has 1 aromatic heterocycles. The molecule has 6 heteroatoms. The Hall–Kier alpha value is -1.95. The molecule has 0 radical (unpaired) electrons. The number of hydrogen-bond acceptors (Lipinski definition) is 4. The van der Waals surface area contributed by atoms with Crippen LogP contribution in [0.3, 0.4) is 0 Å². The van der Waals surface area contributed by atoms with Gasteiger partial charge >= 0.3 is 0 Å². The largest absolute Gasteiger partial charge is 0.486 e. The van der Waals surface area contributed by atoms with Crippen LogP contribution >= 0.6 is 11.3 Å². The van der Waals surface area contributed by atoms with Gasteiger partial charge in [-0.2, -0.15) is 0 Å². The van der Waals surface area contributed by atoms with Gasteiger partial charge in [-0.1, -0.05) is 27.7 Å². The van der Waals surface area contributed by atoms with E-state index >= 15 is 0 Å². The zero-order chi connectivity index (χ0) is 19.3. The third-order valence-corrected chi connectivity index (χ3v) is 4.79. The molecular formula is C20H27FN2O2S. The molecule has 0 aliphatic rings. The van der Waals surface area contributed by atoms with Crippen LogP contribution in [-0.2, 0) is 6.61 Å². The molecule has 1 aromatic carbocycles. The van der Waals surface area contributed by atoms with Crippen molar-refractivity contribution < 1.29 is 13.9 Å². The number of carbonyl (C=O) groups is 1. The second kappa shape index (κ2) is 9.12. The second-order valence-electron chi connectivity index (χ2n) is 7.26. The number of amides is 1. The number of thiazole rings is 1. The highest BCUT2D eigenvalue weighted by Crippen LogP contribution is 2.23. The average Bonchev–Trinajstić information content (AvgIpc) is 2.93. The first-order chi connectivity index (χ1) is 12.3. The summed E-state index contributed by atoms with van der Waals surface area (Å²) in [5.41, 5.74) is 0.732. The minimum absolute atomic E-state index is 0.0374. The fourth-order valence-corrected chi connectivity index (χ4v) is 3.60. The number of aryl methyl sites for hydroxylation is 1. The first kappa shape index (κ1) is 20.4. The predicted molar refractivity (Wildman–Crippen MR) is 103 cm³/mol. The highest BCUT2D eigenvalue weighted by atomic mass is 32.1. The number of benzene rings is 1. The van der Waals surface area contributed by atoms with Crippen molar-refractivity contribution in [1.82, 2.24) is 9.88 Å². The van der Waals surface area contributed by atoms with Crippen molar-refractivity contribution in [2.75, 3.05) is 13.1 Å². The molecule has 142 valence electrons. The first-order valence-electron chi connectivity index (χ1n) is 8.90. The molecule has 0 saturated carbocycles. The molecule has 1 amide bonds. The lowest BCUT2D eigenvalue weighted by atomic mass is 10.1. The summed E-state index contributed by atoms with van der Waals surface area (Å²) in [6.07, 6.45) is 0. The summed E-state index contributed by atoms with van der Waals surface area (Å²) in [7, 11) is 0. The quantitative estimate of drug-likeness (QED) is 0.654. The summed E-state index contributed by atoms with van der Waals surface area (Å²) in [5, 5.41) is 0.740. The Morgan fingerprint density at radius 2 is 1.73 bits per heavy atom. The van der Waals surface area contributed by atoms with E-state index in [1.807, 2.05) is 11.8 Å². The first-order valence-corrected chi connectivity index (χ1v) is 9.71. The van der Waals surface area contributed by atoms with Crippen molar-refractivity contribution in [2.45, 2.75) is 41.2 Å². The zero-order valence-electron chi connectivity index (χ0n) is 16.1. The second-order valence-corrected chi connectivity index (χ2v) is 8.35. The summed E-state index contributed by atoms with van der Waals surface area (Å²) < 4.78 is 18.6. The van der Waals surface area contributed by atoms with Gasteiger partial charge in [0, 0.05) is 13.1 Å². The molecule has 0 N–H and O–H groups in total. The Morgan fingerprint density at radius 3 is 2.27 bits per heavy atom. The van der Waals surface area contributed by atoms with Crippen molar-refractivity contribution >= 4 is 17.2 Å². The van der Waals surface area contributed by atoms with Gasteiger partial charge in [0.25, 0.3) is 5.91 Å². The maximum atomic E-state index is 13.0. The number of hydrogen-bond donors (Lipinski definition) is 0. The summed E-state index contributed by atoms with van der Waals surface area (Å²) in [4.78, 5) is 20.0. The van der Waals surface area contributed by atoms with Crippen molar-refractivity contribution in [2.24, 2.45) is 11.8 Å². The zero-order valence-corrected chi connectivity index (χ0v) is 16.9. The van der Waals surface area contributed by atoms with Gasteiger partial charge in [0.2, 0.25) is 0 Å². The lowest BCUT2D eigenvalue weighted by Gasteiger charge is -2.26. The molecule has 0 unspecified atom stereocenters. The third-order valence-electron chi connectivity index (χ3n) is 3.67. The van der Waals surface area contributed by atoms with Gasteiger partial charge < -0.3 is 9.64 Å². The summed E-state index contributed by atoms with van der Waals surface area (Å²) in [6.45, 7) is 12.0. The van der Waals surface area contributed by atoms with Crippen molar-refractivity contribution in [3.05, 3.63) is 45.7 Å². The van der Waals surface area contributed by atoms with E-state index < -0.39 is 0 Å². The normalized spacial score (nSPS) is 11.2. The molecule has 1 heterocycles. The van der Waals surface area contributed by atoms with Gasteiger partial charge in [-0.15, -0.1) is 11.3 Å². The molecule has 0 fully saturated rings. The summed E-state index contributed by atoms with van der Waals surface area (Å²) in [5.74, 6) is 1.13. The smallest absolute Gasteiger partial charge is 0.265 e. The molecule has 2 rings (SSSR count). The summed E-state index contributed by atoms with van der Waals surface area (Å²) >= 11 is 1.37. The van der Waals surface area contributed by atoms with Crippen LogP contribution in [0.25, 0.3) is 0 Å². The van der Waals surface area contributed by atoms with Crippen LogP contribution in [0.1, 0.15) is 48.1 Å². The Labute approximate surface area is 159 Å². The lowest BCUT2D eigenvalue weighted by Crippen LogP contribution is -2.36. The fraction of sp³-hybridized carbons (Fsp3) is 0.500. The minimum Gasteiger partial charge on any atom is -0.486 e. The van der Waals surface area contributed by atoms with Crippen LogP contribution in [0.4, 0.5) is 4.39 Å². The van der Waals surface area contributed by atoms with E-state index in [4.69, 9.17) is 4.74 Å². The Bertz CT molecular complexity index is 716. The molecule has 2 aromatic rings. The molecule has 0 saturated heterocycles. The molecule has 0 spiro atoms. The number of aromatic nitrogens is 1. The molecular weight excluding hydrogens is 351 g/mol. The maximum absolute atomic E-state index is 13.0. The van der Waals surface area contributed by atoms with E-state index in [2.05, 4.69) is 32.7 Å². The van der Waals surface area contributed by atoms with Gasteiger partial charge in [0.1, 0.15) is 28.1 Å². The van der Waals surface area contributed by atoms with Crippen molar-refractivity contribution in [3.8, 4) is 5.75 Å². The summed E-state index contributed by atoms with van der Waals surface area (Å²) in [6, 6.07) is 5.87. The maximum Gasteiger partial charge on any atom is 0.265 e. The van der Waals surface area contributed by atoms with Gasteiger partial charge in [0.15, 0.2) is 0 Å². The number of carbonyl (C=O) groups excluding carboxylic acids is 1. The molecule has 0 aliphatic heterocycles. The van der Waals surface area contributed by atoms with Crippen molar-refractivity contribution in [3.63, 3.8) is 0 Å². The van der Waals surface area contributed by atoms with Crippen LogP contribution in [0.2, 0.25) is 0 Å². The van der Waals surface area contributed by atoms with Crippen LogP contribution in [0.5, 0.6) is 5.75 Å².